The number of hydrogen-bond acceptors (Lipinski definition) is 3. The van der Waals surface area contributed by atoms with Gasteiger partial charge < -0.3 is 9.47 Å². The number of methoxy groups -OCH3 is 2. The number of para-hydroxylation sites is 1. The van der Waals surface area contributed by atoms with E-state index in [1.165, 1.54) is 37.7 Å². The van der Waals surface area contributed by atoms with E-state index in [0.717, 1.165) is 16.9 Å². The van der Waals surface area contributed by atoms with Crippen molar-refractivity contribution in [2.45, 2.75) is 38.0 Å². The summed E-state index contributed by atoms with van der Waals surface area (Å²) in [5, 5.41) is 0. The Morgan fingerprint density at radius 3 is 2.31 bits per heavy atom. The van der Waals surface area contributed by atoms with Gasteiger partial charge in [0.15, 0.2) is 0 Å². The molecule has 0 aliphatic heterocycles. The number of aliphatic imine (C=N–C) groups is 1. The minimum Gasteiger partial charge on any atom is -0.496 e. The van der Waals surface area contributed by atoms with Crippen molar-refractivity contribution in [3.05, 3.63) is 71.8 Å². The van der Waals surface area contributed by atoms with Crippen LogP contribution in [0, 0.1) is 0 Å². The largest absolute Gasteiger partial charge is 0.496 e. The summed E-state index contributed by atoms with van der Waals surface area (Å²) in [6.07, 6.45) is 6.66. The fourth-order valence-corrected chi connectivity index (χ4v) is 3.63. The lowest BCUT2D eigenvalue weighted by molar-refractivity contribution is 0.404. The normalized spacial score (nSPS) is 15.5. The number of rotatable bonds is 5. The Balaban J connectivity index is 1.81. The Morgan fingerprint density at radius 1 is 0.962 bits per heavy atom. The maximum Gasteiger partial charge on any atom is 0.221 e. The second kappa shape index (κ2) is 8.70. The van der Waals surface area contributed by atoms with Gasteiger partial charge in [0.1, 0.15) is 5.75 Å². The quantitative estimate of drug-likeness (QED) is 0.504. The van der Waals surface area contributed by atoms with Crippen LogP contribution in [0.1, 0.15) is 54.7 Å². The van der Waals surface area contributed by atoms with Gasteiger partial charge in [-0.2, -0.15) is 0 Å². The summed E-state index contributed by atoms with van der Waals surface area (Å²) in [4.78, 5) is 4.61. The summed E-state index contributed by atoms with van der Waals surface area (Å²) in [5.74, 6) is 2.02. The van der Waals surface area contributed by atoms with E-state index in [1.54, 1.807) is 14.2 Å². The predicted molar refractivity (Wildman–Crippen MR) is 108 cm³/mol. The van der Waals surface area contributed by atoms with Crippen molar-refractivity contribution in [1.29, 1.82) is 0 Å². The molecule has 0 radical (unpaired) electrons. The summed E-state index contributed by atoms with van der Waals surface area (Å²) in [6, 6.07) is 16.4. The van der Waals surface area contributed by atoms with E-state index in [9.17, 15) is 0 Å². The second-order valence-electron chi connectivity index (χ2n) is 6.72. The molecule has 0 heterocycles. The SMILES string of the molecule is C=C(N=C(OC)c1ccc(C2CCCCC2)cc1)c1ccccc1OC. The van der Waals surface area contributed by atoms with Crippen molar-refractivity contribution in [2.24, 2.45) is 4.99 Å². The van der Waals surface area contributed by atoms with Crippen molar-refractivity contribution in [2.75, 3.05) is 14.2 Å². The highest BCUT2D eigenvalue weighted by molar-refractivity contribution is 5.97. The lowest BCUT2D eigenvalue weighted by atomic mass is 9.84. The van der Waals surface area contributed by atoms with E-state index in [4.69, 9.17) is 9.47 Å². The summed E-state index contributed by atoms with van der Waals surface area (Å²) in [6.45, 7) is 4.09. The molecule has 3 rings (SSSR count). The molecule has 1 aliphatic rings. The van der Waals surface area contributed by atoms with Crippen LogP contribution >= 0.6 is 0 Å². The molecule has 136 valence electrons. The van der Waals surface area contributed by atoms with Crippen molar-refractivity contribution < 1.29 is 9.47 Å². The molecule has 26 heavy (non-hydrogen) atoms. The van der Waals surface area contributed by atoms with Gasteiger partial charge in [0, 0.05) is 11.1 Å². The summed E-state index contributed by atoms with van der Waals surface area (Å²) < 4.78 is 10.9. The molecule has 1 saturated carbocycles. The Kier molecular flexibility index (Phi) is 6.11. The first kappa shape index (κ1) is 18.2. The fourth-order valence-electron chi connectivity index (χ4n) is 3.63. The summed E-state index contributed by atoms with van der Waals surface area (Å²) in [5.41, 5.74) is 3.87. The van der Waals surface area contributed by atoms with E-state index in [1.807, 2.05) is 24.3 Å². The zero-order valence-electron chi connectivity index (χ0n) is 15.7. The third-order valence-corrected chi connectivity index (χ3v) is 5.08. The molecule has 1 fully saturated rings. The first-order valence-electron chi connectivity index (χ1n) is 9.28. The van der Waals surface area contributed by atoms with Gasteiger partial charge in [-0.3, -0.25) is 0 Å². The average molecular weight is 349 g/mol. The Morgan fingerprint density at radius 2 is 1.65 bits per heavy atom. The van der Waals surface area contributed by atoms with Crippen molar-refractivity contribution >= 4 is 11.6 Å². The second-order valence-corrected chi connectivity index (χ2v) is 6.72. The summed E-state index contributed by atoms with van der Waals surface area (Å²) in [7, 11) is 3.29. The molecular weight excluding hydrogens is 322 g/mol. The maximum absolute atomic E-state index is 5.54. The van der Waals surface area contributed by atoms with Crippen LogP contribution in [0.2, 0.25) is 0 Å². The van der Waals surface area contributed by atoms with Gasteiger partial charge in [-0.25, -0.2) is 4.99 Å². The monoisotopic (exact) mass is 349 g/mol. The number of hydrogen-bond donors (Lipinski definition) is 0. The topological polar surface area (TPSA) is 30.8 Å². The molecule has 0 aromatic heterocycles. The smallest absolute Gasteiger partial charge is 0.221 e. The Bertz CT molecular complexity index is 771. The first-order valence-corrected chi connectivity index (χ1v) is 9.28. The number of ether oxygens (including phenoxy) is 2. The van der Waals surface area contributed by atoms with Crippen LogP contribution in [0.5, 0.6) is 5.75 Å². The van der Waals surface area contributed by atoms with Crippen molar-refractivity contribution in [3.63, 3.8) is 0 Å². The average Bonchev–Trinajstić information content (AvgIpc) is 2.72. The molecule has 0 N–H and O–H groups in total. The van der Waals surface area contributed by atoms with E-state index in [0.29, 0.717) is 17.5 Å². The van der Waals surface area contributed by atoms with Crippen LogP contribution in [0.25, 0.3) is 5.70 Å². The highest BCUT2D eigenvalue weighted by atomic mass is 16.5. The Hall–Kier alpha value is -2.55. The predicted octanol–water partition coefficient (Wildman–Crippen LogP) is 5.81. The molecule has 0 bridgehead atoms. The highest BCUT2D eigenvalue weighted by Crippen LogP contribution is 2.32. The molecule has 0 spiro atoms. The van der Waals surface area contributed by atoms with E-state index >= 15 is 0 Å². The van der Waals surface area contributed by atoms with E-state index in [2.05, 4.69) is 35.8 Å². The molecule has 1 aliphatic carbocycles. The van der Waals surface area contributed by atoms with Crippen molar-refractivity contribution in [1.82, 2.24) is 0 Å². The lowest BCUT2D eigenvalue weighted by Crippen LogP contribution is -2.07. The van der Waals surface area contributed by atoms with Gasteiger partial charge in [0.2, 0.25) is 5.90 Å². The zero-order valence-corrected chi connectivity index (χ0v) is 15.7. The minimum absolute atomic E-state index is 0.566. The van der Waals surface area contributed by atoms with Crippen LogP contribution in [0.4, 0.5) is 0 Å². The minimum atomic E-state index is 0.566. The zero-order chi connectivity index (χ0) is 18.4. The molecule has 0 amide bonds. The third kappa shape index (κ3) is 4.16. The Labute approximate surface area is 156 Å². The molecule has 3 nitrogen and oxygen atoms in total. The van der Waals surface area contributed by atoms with Gasteiger partial charge >= 0.3 is 0 Å². The highest BCUT2D eigenvalue weighted by Gasteiger charge is 2.16. The number of nitrogens with zero attached hydrogens (tertiary/aromatic N) is 1. The molecular formula is C23H27NO2. The fraction of sp³-hybridized carbons (Fsp3) is 0.348. The molecule has 0 saturated heterocycles. The van der Waals surface area contributed by atoms with Crippen LogP contribution in [0.15, 0.2) is 60.1 Å². The molecule has 0 unspecified atom stereocenters. The third-order valence-electron chi connectivity index (χ3n) is 5.08. The van der Waals surface area contributed by atoms with Gasteiger partial charge in [-0.1, -0.05) is 50.1 Å². The number of benzene rings is 2. The van der Waals surface area contributed by atoms with Gasteiger partial charge in [-0.15, -0.1) is 0 Å². The van der Waals surface area contributed by atoms with Gasteiger partial charge in [0.25, 0.3) is 0 Å². The molecule has 2 aromatic rings. The van der Waals surface area contributed by atoms with Crippen molar-refractivity contribution in [3.8, 4) is 5.75 Å². The summed E-state index contributed by atoms with van der Waals surface area (Å²) >= 11 is 0. The van der Waals surface area contributed by atoms with Gasteiger partial charge in [0.05, 0.1) is 19.9 Å². The van der Waals surface area contributed by atoms with Gasteiger partial charge in [-0.05, 0) is 48.6 Å². The van der Waals surface area contributed by atoms with Crippen LogP contribution < -0.4 is 4.74 Å². The van der Waals surface area contributed by atoms with Crippen LogP contribution in [0.3, 0.4) is 0 Å². The molecule has 3 heteroatoms. The standard InChI is InChI=1S/C23H27NO2/c1-17(21-11-7-8-12-22(21)25-2)24-23(26-3)20-15-13-19(14-16-20)18-9-5-4-6-10-18/h7-8,11-16,18H,1,4-6,9-10H2,2-3H3. The first-order chi connectivity index (χ1) is 12.7. The van der Waals surface area contributed by atoms with E-state index < -0.39 is 0 Å². The van der Waals surface area contributed by atoms with E-state index in [-0.39, 0.29) is 0 Å². The maximum atomic E-state index is 5.54. The lowest BCUT2D eigenvalue weighted by Gasteiger charge is -2.22. The van der Waals surface area contributed by atoms with Crippen LogP contribution in [-0.4, -0.2) is 20.1 Å². The van der Waals surface area contributed by atoms with Crippen LogP contribution in [-0.2, 0) is 4.74 Å². The molecule has 0 atom stereocenters. The molecule has 2 aromatic carbocycles.